The van der Waals surface area contributed by atoms with E-state index in [0.29, 0.717) is 6.54 Å². The first kappa shape index (κ1) is 35.9. The maximum absolute atomic E-state index is 10.9. The summed E-state index contributed by atoms with van der Waals surface area (Å²) in [5, 5.41) is 10.9. The van der Waals surface area contributed by atoms with Crippen molar-refractivity contribution in [2.45, 2.75) is 212 Å². The fourth-order valence-electron chi connectivity index (χ4n) is 5.63. The zero-order valence-electron chi connectivity index (χ0n) is 25.4. The van der Waals surface area contributed by atoms with E-state index in [2.05, 4.69) is 13.8 Å². The lowest BCUT2D eigenvalue weighted by atomic mass is 9.89. The second-order valence-electron chi connectivity index (χ2n) is 12.1. The molecule has 0 aliphatic rings. The summed E-state index contributed by atoms with van der Waals surface area (Å²) in [5.41, 5.74) is 5.36. The van der Waals surface area contributed by atoms with Gasteiger partial charge in [0, 0.05) is 6.54 Å². The van der Waals surface area contributed by atoms with E-state index in [1.807, 2.05) is 0 Å². The van der Waals surface area contributed by atoms with E-state index in [4.69, 9.17) is 5.73 Å². The van der Waals surface area contributed by atoms with Gasteiger partial charge in [0.1, 0.15) is 0 Å². The molecule has 0 spiro atoms. The van der Waals surface area contributed by atoms with Gasteiger partial charge in [0.2, 0.25) is 0 Å². The monoisotopic (exact) mass is 510 g/mol. The van der Waals surface area contributed by atoms with Crippen LogP contribution in [0.5, 0.6) is 0 Å². The fourth-order valence-corrected chi connectivity index (χ4v) is 5.63. The van der Waals surface area contributed by atoms with E-state index in [9.17, 15) is 5.11 Å². The van der Waals surface area contributed by atoms with Gasteiger partial charge in [-0.2, -0.15) is 0 Å². The van der Waals surface area contributed by atoms with Gasteiger partial charge in [-0.25, -0.2) is 0 Å². The van der Waals surface area contributed by atoms with E-state index in [0.717, 1.165) is 25.7 Å². The molecule has 3 N–H and O–H groups in total. The van der Waals surface area contributed by atoms with Gasteiger partial charge in [-0.1, -0.05) is 194 Å². The molecular formula is C34H71NO. The lowest BCUT2D eigenvalue weighted by Gasteiger charge is -2.26. The standard InChI is InChI=1S/C34H71NO/c1-3-5-7-9-11-13-15-17-19-21-23-25-27-29-31-34(36,33-35)32-30-28-26-24-22-20-18-16-14-12-10-8-6-4-2/h36H,3-33,35H2,1-2H3. The molecule has 0 atom stereocenters. The Balaban J connectivity index is 3.41. The molecule has 0 aliphatic carbocycles. The maximum atomic E-state index is 10.9. The van der Waals surface area contributed by atoms with Gasteiger partial charge in [-0.05, 0) is 12.8 Å². The van der Waals surface area contributed by atoms with Crippen LogP contribution in [0, 0.1) is 0 Å². The summed E-state index contributed by atoms with van der Waals surface area (Å²) in [4.78, 5) is 0. The molecule has 0 aromatic carbocycles. The molecule has 0 fully saturated rings. The highest BCUT2D eigenvalue weighted by atomic mass is 16.3. The van der Waals surface area contributed by atoms with Crippen LogP contribution in [0.1, 0.15) is 206 Å². The van der Waals surface area contributed by atoms with Gasteiger partial charge in [0.25, 0.3) is 0 Å². The summed E-state index contributed by atoms with van der Waals surface area (Å²) < 4.78 is 0. The first-order chi connectivity index (χ1) is 17.7. The van der Waals surface area contributed by atoms with Crippen LogP contribution in [0.2, 0.25) is 0 Å². The van der Waals surface area contributed by atoms with Gasteiger partial charge in [-0.3, -0.25) is 0 Å². The third kappa shape index (κ3) is 27.0. The third-order valence-electron chi connectivity index (χ3n) is 8.37. The van der Waals surface area contributed by atoms with Crippen molar-refractivity contribution in [3.63, 3.8) is 0 Å². The Labute approximate surface area is 229 Å². The molecule has 0 unspecified atom stereocenters. The van der Waals surface area contributed by atoms with Crippen molar-refractivity contribution in [2.24, 2.45) is 5.73 Å². The van der Waals surface area contributed by atoms with Crippen LogP contribution in [-0.4, -0.2) is 17.3 Å². The van der Waals surface area contributed by atoms with E-state index < -0.39 is 5.60 Å². The second kappa shape index (κ2) is 29.5. The van der Waals surface area contributed by atoms with Crippen molar-refractivity contribution in [1.82, 2.24) is 0 Å². The lowest BCUT2D eigenvalue weighted by molar-refractivity contribution is 0.0264. The van der Waals surface area contributed by atoms with Gasteiger partial charge >= 0.3 is 0 Å². The average Bonchev–Trinajstić information content (AvgIpc) is 2.89. The fraction of sp³-hybridized carbons (Fsp3) is 1.00. The van der Waals surface area contributed by atoms with Crippen molar-refractivity contribution < 1.29 is 5.11 Å². The van der Waals surface area contributed by atoms with Gasteiger partial charge in [0.05, 0.1) is 5.60 Å². The Morgan fingerprint density at radius 3 is 0.750 bits per heavy atom. The maximum Gasteiger partial charge on any atom is 0.0769 e. The summed E-state index contributed by atoms with van der Waals surface area (Å²) in [6, 6.07) is 0. The zero-order chi connectivity index (χ0) is 26.4. The van der Waals surface area contributed by atoms with Crippen molar-refractivity contribution in [2.75, 3.05) is 6.54 Å². The highest BCUT2D eigenvalue weighted by Gasteiger charge is 2.23. The Morgan fingerprint density at radius 1 is 0.361 bits per heavy atom. The van der Waals surface area contributed by atoms with E-state index in [-0.39, 0.29) is 0 Å². The number of nitrogens with two attached hydrogens (primary N) is 1. The SMILES string of the molecule is CCCCCCCCCCCCCCCCC(O)(CN)CCCCCCCCCCCCCCCC. The van der Waals surface area contributed by atoms with E-state index in [1.54, 1.807) is 0 Å². The van der Waals surface area contributed by atoms with Gasteiger partial charge in [-0.15, -0.1) is 0 Å². The summed E-state index contributed by atoms with van der Waals surface area (Å²) in [5.74, 6) is 0. The topological polar surface area (TPSA) is 46.2 Å². The number of aliphatic hydroxyl groups is 1. The van der Waals surface area contributed by atoms with Crippen molar-refractivity contribution >= 4 is 0 Å². The molecule has 2 heteroatoms. The minimum atomic E-state index is -0.603. The number of hydrogen-bond donors (Lipinski definition) is 2. The predicted octanol–water partition coefficient (Wildman–Crippen LogP) is 11.4. The lowest BCUT2D eigenvalue weighted by Crippen LogP contribution is -2.37. The van der Waals surface area contributed by atoms with Crippen LogP contribution in [0.25, 0.3) is 0 Å². The summed E-state index contributed by atoms with van der Waals surface area (Å²) >= 11 is 0. The number of rotatable bonds is 31. The first-order valence-electron chi connectivity index (χ1n) is 17.1. The molecule has 218 valence electrons. The summed E-state index contributed by atoms with van der Waals surface area (Å²) in [6.07, 6.45) is 40.5. The number of unbranched alkanes of at least 4 members (excludes halogenated alkanes) is 26. The van der Waals surface area contributed by atoms with Crippen LogP contribution in [0.3, 0.4) is 0 Å². The summed E-state index contributed by atoms with van der Waals surface area (Å²) in [7, 11) is 0. The second-order valence-corrected chi connectivity index (χ2v) is 12.1. The molecule has 2 nitrogen and oxygen atoms in total. The smallest absolute Gasteiger partial charge is 0.0769 e. The highest BCUT2D eigenvalue weighted by molar-refractivity contribution is 4.79. The van der Waals surface area contributed by atoms with Crippen LogP contribution >= 0.6 is 0 Å². The Bertz CT molecular complexity index is 365. The minimum absolute atomic E-state index is 0.434. The highest BCUT2D eigenvalue weighted by Crippen LogP contribution is 2.23. The molecule has 36 heavy (non-hydrogen) atoms. The molecule has 0 saturated heterocycles. The molecule has 0 saturated carbocycles. The molecule has 0 aromatic heterocycles. The first-order valence-corrected chi connectivity index (χ1v) is 17.1. The van der Waals surface area contributed by atoms with Gasteiger partial charge in [0.15, 0.2) is 0 Å². The largest absolute Gasteiger partial charge is 0.389 e. The van der Waals surface area contributed by atoms with Crippen LogP contribution in [-0.2, 0) is 0 Å². The zero-order valence-corrected chi connectivity index (χ0v) is 25.4. The molecule has 0 bridgehead atoms. The quantitative estimate of drug-likeness (QED) is 0.0912. The molecule has 0 aromatic rings. The van der Waals surface area contributed by atoms with Gasteiger partial charge < -0.3 is 10.8 Å². The van der Waals surface area contributed by atoms with Crippen LogP contribution in [0.15, 0.2) is 0 Å². The van der Waals surface area contributed by atoms with Crippen LogP contribution < -0.4 is 5.73 Å². The van der Waals surface area contributed by atoms with Crippen molar-refractivity contribution in [3.05, 3.63) is 0 Å². The Morgan fingerprint density at radius 2 is 0.556 bits per heavy atom. The molecule has 0 radical (unpaired) electrons. The van der Waals surface area contributed by atoms with E-state index in [1.165, 1.54) is 167 Å². The molecule has 0 rings (SSSR count). The molecule has 0 amide bonds. The minimum Gasteiger partial charge on any atom is -0.389 e. The van der Waals surface area contributed by atoms with Crippen molar-refractivity contribution in [3.8, 4) is 0 Å². The average molecular weight is 510 g/mol. The van der Waals surface area contributed by atoms with Crippen molar-refractivity contribution in [1.29, 1.82) is 0 Å². The normalized spacial score (nSPS) is 12.0. The summed E-state index contributed by atoms with van der Waals surface area (Å²) in [6.45, 7) is 5.02. The number of hydrogen-bond acceptors (Lipinski definition) is 2. The Kier molecular flexibility index (Phi) is 29.4. The predicted molar refractivity (Wildman–Crippen MR) is 164 cm³/mol. The third-order valence-corrected chi connectivity index (χ3v) is 8.37. The van der Waals surface area contributed by atoms with Crippen LogP contribution in [0.4, 0.5) is 0 Å². The van der Waals surface area contributed by atoms with E-state index >= 15 is 0 Å². The Hall–Kier alpha value is -0.0800. The molecule has 0 heterocycles. The molecule has 0 aliphatic heterocycles. The molecular weight excluding hydrogens is 438 g/mol.